The molecule has 0 aromatic rings. The maximum absolute atomic E-state index is 11.2. The fourth-order valence-electron chi connectivity index (χ4n) is 1.11. The molecule has 0 fully saturated rings. The van der Waals surface area contributed by atoms with E-state index >= 15 is 0 Å². The summed E-state index contributed by atoms with van der Waals surface area (Å²) in [5, 5.41) is 9.00. The molecular formula is C9H19NO2. The van der Waals surface area contributed by atoms with Gasteiger partial charge in [-0.1, -0.05) is 20.8 Å². The molecule has 0 saturated carbocycles. The number of hydrogen-bond acceptors (Lipinski definition) is 2. The standard InChI is InChI=1S/C9H19NO2/c1-7(11)8(12)10(5)6-9(2,3)4/h7,11H,6H2,1-5H3. The number of carbonyl (C=O) groups excluding carboxylic acids is 1. The van der Waals surface area contributed by atoms with Crippen molar-refractivity contribution >= 4 is 5.91 Å². The van der Waals surface area contributed by atoms with Crippen molar-refractivity contribution in [3.63, 3.8) is 0 Å². The second-order valence-corrected chi connectivity index (χ2v) is 4.43. The van der Waals surface area contributed by atoms with E-state index in [1.165, 1.54) is 6.92 Å². The van der Waals surface area contributed by atoms with E-state index in [4.69, 9.17) is 5.11 Å². The molecule has 3 heteroatoms. The van der Waals surface area contributed by atoms with Gasteiger partial charge >= 0.3 is 0 Å². The third kappa shape index (κ3) is 4.34. The molecule has 0 spiro atoms. The van der Waals surface area contributed by atoms with Gasteiger partial charge in [-0.3, -0.25) is 4.79 Å². The van der Waals surface area contributed by atoms with E-state index in [0.717, 1.165) is 0 Å². The molecule has 1 amide bonds. The number of aliphatic hydroxyl groups is 1. The van der Waals surface area contributed by atoms with Gasteiger partial charge < -0.3 is 10.0 Å². The number of likely N-dealkylation sites (N-methyl/N-ethyl adjacent to an activating group) is 1. The fourth-order valence-corrected chi connectivity index (χ4v) is 1.11. The summed E-state index contributed by atoms with van der Waals surface area (Å²) >= 11 is 0. The molecule has 0 saturated heterocycles. The minimum Gasteiger partial charge on any atom is -0.384 e. The third-order valence-corrected chi connectivity index (χ3v) is 1.45. The Bertz CT molecular complexity index is 158. The van der Waals surface area contributed by atoms with Crippen LogP contribution in [0.1, 0.15) is 27.7 Å². The summed E-state index contributed by atoms with van der Waals surface area (Å²) in [4.78, 5) is 12.8. The zero-order chi connectivity index (χ0) is 9.94. The maximum Gasteiger partial charge on any atom is 0.250 e. The van der Waals surface area contributed by atoms with Gasteiger partial charge in [-0.05, 0) is 12.3 Å². The molecule has 0 aromatic carbocycles. The first-order chi connectivity index (χ1) is 5.24. The Morgan fingerprint density at radius 3 is 2.17 bits per heavy atom. The van der Waals surface area contributed by atoms with Crippen LogP contribution in [0.25, 0.3) is 0 Å². The number of rotatable bonds is 2. The van der Waals surface area contributed by atoms with Crippen molar-refractivity contribution in [2.24, 2.45) is 5.41 Å². The summed E-state index contributed by atoms with van der Waals surface area (Å²) < 4.78 is 0. The van der Waals surface area contributed by atoms with E-state index in [1.807, 2.05) is 0 Å². The van der Waals surface area contributed by atoms with Crippen LogP contribution < -0.4 is 0 Å². The van der Waals surface area contributed by atoms with Gasteiger partial charge in [-0.15, -0.1) is 0 Å². The highest BCUT2D eigenvalue weighted by atomic mass is 16.3. The van der Waals surface area contributed by atoms with E-state index in [-0.39, 0.29) is 11.3 Å². The van der Waals surface area contributed by atoms with Crippen molar-refractivity contribution in [3.05, 3.63) is 0 Å². The van der Waals surface area contributed by atoms with Crippen LogP contribution in [0.15, 0.2) is 0 Å². The number of nitrogens with zero attached hydrogens (tertiary/aromatic N) is 1. The Kier molecular flexibility index (Phi) is 3.71. The maximum atomic E-state index is 11.2. The van der Waals surface area contributed by atoms with Gasteiger partial charge in [0.25, 0.3) is 5.91 Å². The van der Waals surface area contributed by atoms with Crippen LogP contribution in [0.3, 0.4) is 0 Å². The molecule has 3 nitrogen and oxygen atoms in total. The van der Waals surface area contributed by atoms with Gasteiger partial charge in [0.2, 0.25) is 0 Å². The molecule has 1 unspecified atom stereocenters. The van der Waals surface area contributed by atoms with Crippen LogP contribution in [0.2, 0.25) is 0 Å². The SMILES string of the molecule is CC(O)C(=O)N(C)CC(C)(C)C. The van der Waals surface area contributed by atoms with Crippen LogP contribution in [0.5, 0.6) is 0 Å². The zero-order valence-corrected chi connectivity index (χ0v) is 8.59. The van der Waals surface area contributed by atoms with Crippen molar-refractivity contribution in [3.8, 4) is 0 Å². The Balaban J connectivity index is 4.05. The van der Waals surface area contributed by atoms with Crippen molar-refractivity contribution in [1.82, 2.24) is 4.90 Å². The molecule has 0 bridgehead atoms. The highest BCUT2D eigenvalue weighted by molar-refractivity contribution is 5.79. The lowest BCUT2D eigenvalue weighted by atomic mass is 9.96. The van der Waals surface area contributed by atoms with Crippen molar-refractivity contribution < 1.29 is 9.90 Å². The van der Waals surface area contributed by atoms with Crippen molar-refractivity contribution in [2.45, 2.75) is 33.8 Å². The molecule has 1 N–H and O–H groups in total. The molecule has 0 rings (SSSR count). The van der Waals surface area contributed by atoms with E-state index in [1.54, 1.807) is 11.9 Å². The lowest BCUT2D eigenvalue weighted by Gasteiger charge is -2.27. The summed E-state index contributed by atoms with van der Waals surface area (Å²) in [7, 11) is 1.71. The second kappa shape index (κ2) is 3.90. The average molecular weight is 173 g/mol. The molecule has 0 aliphatic carbocycles. The lowest BCUT2D eigenvalue weighted by molar-refractivity contribution is -0.139. The number of amides is 1. The first-order valence-corrected chi connectivity index (χ1v) is 4.17. The normalized spacial score (nSPS) is 14.2. The van der Waals surface area contributed by atoms with E-state index < -0.39 is 6.10 Å². The predicted octanol–water partition coefficient (Wildman–Crippen LogP) is 0.872. The van der Waals surface area contributed by atoms with Crippen LogP contribution >= 0.6 is 0 Å². The van der Waals surface area contributed by atoms with Gasteiger partial charge in [0, 0.05) is 13.6 Å². The molecule has 12 heavy (non-hydrogen) atoms. The van der Waals surface area contributed by atoms with Gasteiger partial charge in [0.05, 0.1) is 0 Å². The highest BCUT2D eigenvalue weighted by Crippen LogP contribution is 2.14. The number of carbonyl (C=O) groups is 1. The molecule has 72 valence electrons. The fraction of sp³-hybridized carbons (Fsp3) is 0.889. The highest BCUT2D eigenvalue weighted by Gasteiger charge is 2.20. The first-order valence-electron chi connectivity index (χ1n) is 4.17. The summed E-state index contributed by atoms with van der Waals surface area (Å²) in [6.07, 6.45) is -0.891. The Morgan fingerprint density at radius 2 is 1.92 bits per heavy atom. The molecule has 1 atom stereocenters. The van der Waals surface area contributed by atoms with Gasteiger partial charge in [-0.25, -0.2) is 0 Å². The number of aliphatic hydroxyl groups excluding tert-OH is 1. The summed E-state index contributed by atoms with van der Waals surface area (Å²) in [5.74, 6) is -0.218. The molecule has 0 aromatic heterocycles. The van der Waals surface area contributed by atoms with Crippen LogP contribution in [0.4, 0.5) is 0 Å². The molecule has 0 aliphatic heterocycles. The van der Waals surface area contributed by atoms with E-state index in [0.29, 0.717) is 6.54 Å². The quantitative estimate of drug-likeness (QED) is 0.673. The molecular weight excluding hydrogens is 154 g/mol. The smallest absolute Gasteiger partial charge is 0.250 e. The van der Waals surface area contributed by atoms with Crippen LogP contribution in [-0.4, -0.2) is 35.6 Å². The minimum atomic E-state index is -0.891. The summed E-state index contributed by atoms with van der Waals surface area (Å²) in [6.45, 7) is 8.31. The third-order valence-electron chi connectivity index (χ3n) is 1.45. The van der Waals surface area contributed by atoms with Crippen LogP contribution in [0, 0.1) is 5.41 Å². The Labute approximate surface area is 74.4 Å². The molecule has 0 aliphatic rings. The zero-order valence-electron chi connectivity index (χ0n) is 8.59. The predicted molar refractivity (Wildman–Crippen MR) is 48.8 cm³/mol. The van der Waals surface area contributed by atoms with Gasteiger partial charge in [-0.2, -0.15) is 0 Å². The first kappa shape index (κ1) is 11.4. The van der Waals surface area contributed by atoms with E-state index in [9.17, 15) is 4.79 Å². The Morgan fingerprint density at radius 1 is 1.50 bits per heavy atom. The van der Waals surface area contributed by atoms with Gasteiger partial charge in [0.1, 0.15) is 6.10 Å². The van der Waals surface area contributed by atoms with Crippen LogP contribution in [-0.2, 0) is 4.79 Å². The minimum absolute atomic E-state index is 0.0826. The average Bonchev–Trinajstić information content (AvgIpc) is 1.82. The topological polar surface area (TPSA) is 40.5 Å². The Hall–Kier alpha value is -0.570. The number of hydrogen-bond donors (Lipinski definition) is 1. The monoisotopic (exact) mass is 173 g/mol. The van der Waals surface area contributed by atoms with Crippen molar-refractivity contribution in [1.29, 1.82) is 0 Å². The summed E-state index contributed by atoms with van der Waals surface area (Å²) in [6, 6.07) is 0. The molecule has 0 heterocycles. The summed E-state index contributed by atoms with van der Waals surface area (Å²) in [5.41, 5.74) is 0.0826. The van der Waals surface area contributed by atoms with Gasteiger partial charge in [0.15, 0.2) is 0 Å². The van der Waals surface area contributed by atoms with Crippen molar-refractivity contribution in [2.75, 3.05) is 13.6 Å². The van der Waals surface area contributed by atoms with E-state index in [2.05, 4.69) is 20.8 Å². The second-order valence-electron chi connectivity index (χ2n) is 4.43. The largest absolute Gasteiger partial charge is 0.384 e. The molecule has 0 radical (unpaired) electrons. The lowest BCUT2D eigenvalue weighted by Crippen LogP contribution is -2.39.